The van der Waals surface area contributed by atoms with Crippen LogP contribution in [0.1, 0.15) is 32.6 Å². The molecule has 1 unspecified atom stereocenters. The van der Waals surface area contributed by atoms with Gasteiger partial charge in [-0.3, -0.25) is 0 Å². The van der Waals surface area contributed by atoms with E-state index in [0.29, 0.717) is 11.7 Å². The van der Waals surface area contributed by atoms with Gasteiger partial charge >= 0.3 is 0 Å². The number of rotatable bonds is 3. The van der Waals surface area contributed by atoms with Gasteiger partial charge in [-0.15, -0.1) is 0 Å². The van der Waals surface area contributed by atoms with E-state index in [4.69, 9.17) is 5.73 Å². The molecule has 0 amide bonds. The molecule has 1 fully saturated rings. The van der Waals surface area contributed by atoms with Gasteiger partial charge in [-0.1, -0.05) is 12.8 Å². The van der Waals surface area contributed by atoms with E-state index in [2.05, 4.69) is 16.5 Å². The van der Waals surface area contributed by atoms with E-state index in [1.807, 2.05) is 6.07 Å². The zero-order chi connectivity index (χ0) is 14.8. The highest BCUT2D eigenvalue weighted by molar-refractivity contribution is 7.89. The molecule has 0 saturated carbocycles. The van der Waals surface area contributed by atoms with Crippen molar-refractivity contribution in [1.29, 1.82) is 0 Å². The third kappa shape index (κ3) is 3.07. The monoisotopic (exact) mass is 297 g/mol. The lowest BCUT2D eigenvalue weighted by molar-refractivity contribution is 0.584. The van der Waals surface area contributed by atoms with Crippen molar-refractivity contribution in [3.8, 4) is 0 Å². The van der Waals surface area contributed by atoms with Crippen molar-refractivity contribution in [3.05, 3.63) is 18.2 Å². The highest BCUT2D eigenvalue weighted by Gasteiger charge is 2.24. The lowest BCUT2D eigenvalue weighted by atomic mass is 10.1. The van der Waals surface area contributed by atoms with Gasteiger partial charge in [0, 0.05) is 18.3 Å². The third-order valence-corrected chi connectivity index (χ3v) is 5.35. The largest absolute Gasteiger partial charge is 0.399 e. The first-order valence-electron chi connectivity index (χ1n) is 7.05. The maximum absolute atomic E-state index is 12.2. The second-order valence-corrected chi connectivity index (χ2v) is 7.18. The fraction of sp³-hybridized carbons (Fsp3) is 0.571. The topological polar surface area (TPSA) is 75.4 Å². The van der Waals surface area contributed by atoms with Crippen LogP contribution in [-0.2, 0) is 10.0 Å². The molecule has 0 bridgehead atoms. The van der Waals surface area contributed by atoms with Crippen LogP contribution in [0.5, 0.6) is 0 Å². The molecule has 0 aliphatic carbocycles. The molecular formula is C14H23N3O2S. The Morgan fingerprint density at radius 1 is 1.30 bits per heavy atom. The summed E-state index contributed by atoms with van der Waals surface area (Å²) in [5.74, 6) is 0. The van der Waals surface area contributed by atoms with E-state index in [9.17, 15) is 8.42 Å². The van der Waals surface area contributed by atoms with Crippen LogP contribution < -0.4 is 15.4 Å². The standard InChI is InChI=1S/C14H23N3O2S/c1-11-6-4-3-5-9-17(11)13-8-7-12(15)10-14(13)20(18,19)16-2/h7-8,10-11,16H,3-6,9,15H2,1-2H3. The van der Waals surface area contributed by atoms with Crippen molar-refractivity contribution in [3.63, 3.8) is 0 Å². The quantitative estimate of drug-likeness (QED) is 0.836. The first-order valence-corrected chi connectivity index (χ1v) is 8.54. The van der Waals surface area contributed by atoms with E-state index >= 15 is 0 Å². The van der Waals surface area contributed by atoms with Gasteiger partial charge in [-0.2, -0.15) is 0 Å². The Bertz CT molecular complexity index is 572. The maximum atomic E-state index is 12.2. The lowest BCUT2D eigenvalue weighted by Gasteiger charge is -2.31. The molecule has 6 heteroatoms. The molecular weight excluding hydrogens is 274 g/mol. The Morgan fingerprint density at radius 3 is 2.75 bits per heavy atom. The molecule has 3 N–H and O–H groups in total. The van der Waals surface area contributed by atoms with E-state index in [1.54, 1.807) is 12.1 Å². The third-order valence-electron chi connectivity index (χ3n) is 3.90. The summed E-state index contributed by atoms with van der Waals surface area (Å²) in [5.41, 5.74) is 6.98. The number of sulfonamides is 1. The molecule has 1 aliphatic heterocycles. The van der Waals surface area contributed by atoms with Crippen molar-refractivity contribution in [1.82, 2.24) is 4.72 Å². The Morgan fingerprint density at radius 2 is 2.05 bits per heavy atom. The summed E-state index contributed by atoms with van der Waals surface area (Å²) in [5, 5.41) is 0. The molecule has 0 radical (unpaired) electrons. The second-order valence-electron chi connectivity index (χ2n) is 5.33. The number of nitrogen functional groups attached to an aromatic ring is 1. The van der Waals surface area contributed by atoms with Crippen LogP contribution in [0.4, 0.5) is 11.4 Å². The molecule has 1 aromatic rings. The molecule has 1 atom stereocenters. The predicted molar refractivity (Wildman–Crippen MR) is 82.4 cm³/mol. The average Bonchev–Trinajstić information content (AvgIpc) is 2.63. The Hall–Kier alpha value is -1.27. The minimum absolute atomic E-state index is 0.272. The minimum atomic E-state index is -3.51. The van der Waals surface area contributed by atoms with Gasteiger partial charge in [-0.05, 0) is 45.0 Å². The van der Waals surface area contributed by atoms with Crippen LogP contribution in [0.3, 0.4) is 0 Å². The SMILES string of the molecule is CNS(=O)(=O)c1cc(N)ccc1N1CCCCCC1C. The van der Waals surface area contributed by atoms with E-state index in [1.165, 1.54) is 19.9 Å². The van der Waals surface area contributed by atoms with Crippen LogP contribution in [0.25, 0.3) is 0 Å². The van der Waals surface area contributed by atoms with Crippen molar-refractivity contribution in [2.45, 2.75) is 43.5 Å². The summed E-state index contributed by atoms with van der Waals surface area (Å²) < 4.78 is 26.8. The molecule has 0 aromatic heterocycles. The average molecular weight is 297 g/mol. The number of nitrogens with zero attached hydrogens (tertiary/aromatic N) is 1. The summed E-state index contributed by atoms with van der Waals surface area (Å²) in [6.07, 6.45) is 4.57. The molecule has 20 heavy (non-hydrogen) atoms. The molecule has 1 saturated heterocycles. The van der Waals surface area contributed by atoms with Crippen LogP contribution in [0.15, 0.2) is 23.1 Å². The molecule has 112 valence electrons. The number of anilines is 2. The first-order chi connectivity index (χ1) is 9.45. The van der Waals surface area contributed by atoms with Crippen molar-refractivity contribution < 1.29 is 8.42 Å². The van der Waals surface area contributed by atoms with Crippen LogP contribution in [0.2, 0.25) is 0 Å². The molecule has 1 heterocycles. The number of hydrogen-bond acceptors (Lipinski definition) is 4. The molecule has 2 rings (SSSR count). The zero-order valence-corrected chi connectivity index (χ0v) is 12.9. The summed E-state index contributed by atoms with van der Waals surface area (Å²) in [7, 11) is -2.08. The molecule has 0 spiro atoms. The number of nitrogens with one attached hydrogen (secondary N) is 1. The van der Waals surface area contributed by atoms with Crippen LogP contribution in [0, 0.1) is 0 Å². The summed E-state index contributed by atoms with van der Waals surface area (Å²) in [6.45, 7) is 3.04. The van der Waals surface area contributed by atoms with Gasteiger partial charge in [-0.25, -0.2) is 13.1 Å². The second kappa shape index (κ2) is 6.01. The van der Waals surface area contributed by atoms with Crippen LogP contribution >= 0.6 is 0 Å². The fourth-order valence-electron chi connectivity index (χ4n) is 2.73. The summed E-state index contributed by atoms with van der Waals surface area (Å²) in [6, 6.07) is 5.47. The Kier molecular flexibility index (Phi) is 4.55. The van der Waals surface area contributed by atoms with E-state index in [-0.39, 0.29) is 4.90 Å². The number of hydrogen-bond donors (Lipinski definition) is 2. The van der Waals surface area contributed by atoms with Gasteiger partial charge in [0.05, 0.1) is 5.69 Å². The Labute approximate surface area is 121 Å². The van der Waals surface area contributed by atoms with Crippen molar-refractivity contribution in [2.75, 3.05) is 24.2 Å². The van der Waals surface area contributed by atoms with Gasteiger partial charge < -0.3 is 10.6 Å². The highest BCUT2D eigenvalue weighted by Crippen LogP contribution is 2.31. The van der Waals surface area contributed by atoms with Crippen molar-refractivity contribution in [2.24, 2.45) is 0 Å². The normalized spacial score (nSPS) is 20.7. The zero-order valence-electron chi connectivity index (χ0n) is 12.1. The van der Waals surface area contributed by atoms with E-state index < -0.39 is 10.0 Å². The van der Waals surface area contributed by atoms with E-state index in [0.717, 1.165) is 25.1 Å². The maximum Gasteiger partial charge on any atom is 0.242 e. The molecule has 5 nitrogen and oxygen atoms in total. The Balaban J connectivity index is 2.50. The minimum Gasteiger partial charge on any atom is -0.399 e. The predicted octanol–water partition coefficient (Wildman–Crippen LogP) is 1.95. The van der Waals surface area contributed by atoms with Crippen molar-refractivity contribution >= 4 is 21.4 Å². The van der Waals surface area contributed by atoms with Gasteiger partial charge in [0.25, 0.3) is 0 Å². The number of nitrogens with two attached hydrogens (primary N) is 1. The molecule has 1 aliphatic rings. The van der Waals surface area contributed by atoms with Crippen LogP contribution in [-0.4, -0.2) is 28.1 Å². The smallest absolute Gasteiger partial charge is 0.242 e. The van der Waals surface area contributed by atoms with Gasteiger partial charge in [0.2, 0.25) is 10.0 Å². The molecule has 1 aromatic carbocycles. The highest BCUT2D eigenvalue weighted by atomic mass is 32.2. The number of benzene rings is 1. The first kappa shape index (κ1) is 15.1. The summed E-state index contributed by atoms with van der Waals surface area (Å²) in [4.78, 5) is 2.46. The summed E-state index contributed by atoms with van der Waals surface area (Å²) >= 11 is 0. The fourth-order valence-corrected chi connectivity index (χ4v) is 3.70. The lowest BCUT2D eigenvalue weighted by Crippen LogP contribution is -2.34. The van der Waals surface area contributed by atoms with Gasteiger partial charge in [0.1, 0.15) is 4.90 Å². The van der Waals surface area contributed by atoms with Gasteiger partial charge in [0.15, 0.2) is 0 Å².